The molecule has 0 bridgehead atoms. The Morgan fingerprint density at radius 1 is 1.15 bits per heavy atom. The quantitative estimate of drug-likeness (QED) is 0.455. The molecule has 72 valence electrons. The Bertz CT molecular complexity index is 249. The second-order valence-corrected chi connectivity index (χ2v) is 1.79. The third-order valence-electron chi connectivity index (χ3n) is 0.973. The molecular formula is C4H5N3O6. The largest absolute Gasteiger partial charge is 0.464 e. The standard InChI is InChI=1S/C4H5N3O6/c1-6(5-13)2(8)7(3(9)10)4(11)12/h1H3,(H,9,10)(H,11,12). The molecule has 0 rings (SSSR count). The van der Waals surface area contributed by atoms with Gasteiger partial charge in [0.05, 0.1) is 5.29 Å². The maximum Gasteiger partial charge on any atom is 0.425 e. The van der Waals surface area contributed by atoms with Gasteiger partial charge in [-0.15, -0.1) is 9.81 Å². The Morgan fingerprint density at radius 3 is 1.77 bits per heavy atom. The van der Waals surface area contributed by atoms with Crippen molar-refractivity contribution < 1.29 is 24.6 Å². The highest BCUT2D eigenvalue weighted by atomic mass is 16.4. The number of amides is 4. The number of hydrogen-bond acceptors (Lipinski definition) is 5. The molecular weight excluding hydrogens is 186 g/mol. The van der Waals surface area contributed by atoms with Crippen molar-refractivity contribution in [1.82, 2.24) is 9.91 Å². The van der Waals surface area contributed by atoms with E-state index in [0.29, 0.717) is 0 Å². The molecule has 0 saturated carbocycles. The van der Waals surface area contributed by atoms with Gasteiger partial charge in [-0.3, -0.25) is 0 Å². The van der Waals surface area contributed by atoms with Crippen LogP contribution in [0.3, 0.4) is 0 Å². The molecule has 0 aliphatic carbocycles. The van der Waals surface area contributed by atoms with Crippen LogP contribution in [0.15, 0.2) is 5.29 Å². The number of carbonyl (C=O) groups excluding carboxylic acids is 1. The van der Waals surface area contributed by atoms with E-state index in [4.69, 9.17) is 10.2 Å². The van der Waals surface area contributed by atoms with Crippen LogP contribution < -0.4 is 0 Å². The van der Waals surface area contributed by atoms with Gasteiger partial charge in [-0.1, -0.05) is 0 Å². The number of urea groups is 1. The normalized spacial score (nSPS) is 8.69. The van der Waals surface area contributed by atoms with Gasteiger partial charge in [-0.05, 0) is 0 Å². The Kier molecular flexibility index (Phi) is 3.32. The summed E-state index contributed by atoms with van der Waals surface area (Å²) in [6, 6.07) is -1.56. The molecule has 0 aromatic rings. The van der Waals surface area contributed by atoms with Crippen LogP contribution >= 0.6 is 0 Å². The van der Waals surface area contributed by atoms with Gasteiger partial charge in [0.15, 0.2) is 0 Å². The number of nitrogens with zero attached hydrogens (tertiary/aromatic N) is 3. The van der Waals surface area contributed by atoms with Gasteiger partial charge in [-0.2, -0.15) is 5.01 Å². The van der Waals surface area contributed by atoms with Gasteiger partial charge in [0, 0.05) is 7.05 Å². The van der Waals surface area contributed by atoms with Crippen LogP contribution in [0.1, 0.15) is 0 Å². The molecule has 9 nitrogen and oxygen atoms in total. The Labute approximate surface area is 71.1 Å². The second-order valence-electron chi connectivity index (χ2n) is 1.79. The van der Waals surface area contributed by atoms with Crippen molar-refractivity contribution in [2.24, 2.45) is 5.29 Å². The molecule has 4 amide bonds. The summed E-state index contributed by atoms with van der Waals surface area (Å²) in [7, 11) is 0.828. The van der Waals surface area contributed by atoms with Crippen molar-refractivity contribution >= 4 is 18.2 Å². The molecule has 0 heterocycles. The predicted molar refractivity (Wildman–Crippen MR) is 36.8 cm³/mol. The fourth-order valence-electron chi connectivity index (χ4n) is 0.425. The first-order chi connectivity index (χ1) is 5.91. The van der Waals surface area contributed by atoms with Crippen molar-refractivity contribution in [2.75, 3.05) is 7.05 Å². The van der Waals surface area contributed by atoms with Crippen LogP contribution in [0.2, 0.25) is 0 Å². The predicted octanol–water partition coefficient (Wildman–Crippen LogP) is 0.378. The lowest BCUT2D eigenvalue weighted by molar-refractivity contribution is 0.118. The lowest BCUT2D eigenvalue weighted by Crippen LogP contribution is -2.45. The molecule has 0 aromatic carbocycles. The zero-order valence-corrected chi connectivity index (χ0v) is 6.37. The average Bonchev–Trinajstić information content (AvgIpc) is 2.01. The summed E-state index contributed by atoms with van der Waals surface area (Å²) in [5.74, 6) is 0. The van der Waals surface area contributed by atoms with Crippen LogP contribution in [-0.2, 0) is 0 Å². The minimum Gasteiger partial charge on any atom is -0.464 e. The number of nitroso groups, excluding NO2 is 1. The molecule has 13 heavy (non-hydrogen) atoms. The van der Waals surface area contributed by atoms with E-state index in [9.17, 15) is 19.3 Å². The van der Waals surface area contributed by atoms with Gasteiger partial charge in [-0.25, -0.2) is 14.4 Å². The Hall–Kier alpha value is -2.19. The molecule has 0 saturated heterocycles. The van der Waals surface area contributed by atoms with Crippen molar-refractivity contribution in [3.63, 3.8) is 0 Å². The van der Waals surface area contributed by atoms with Gasteiger partial charge in [0.25, 0.3) is 0 Å². The van der Waals surface area contributed by atoms with Crippen molar-refractivity contribution in [2.45, 2.75) is 0 Å². The molecule has 0 unspecified atom stereocenters. The number of carboxylic acid groups (broad SMARTS) is 2. The zero-order chi connectivity index (χ0) is 10.6. The minimum absolute atomic E-state index is 0.0439. The maximum atomic E-state index is 10.8. The summed E-state index contributed by atoms with van der Waals surface area (Å²) in [5.41, 5.74) is 0. The topological polar surface area (TPSA) is 128 Å². The molecule has 0 fully saturated rings. The Balaban J connectivity index is 4.76. The van der Waals surface area contributed by atoms with E-state index < -0.39 is 23.1 Å². The second kappa shape index (κ2) is 3.99. The van der Waals surface area contributed by atoms with Crippen LogP contribution in [0, 0.1) is 4.91 Å². The number of rotatable bonds is 1. The fraction of sp³-hybridized carbons (Fsp3) is 0.250. The van der Waals surface area contributed by atoms with Crippen molar-refractivity contribution in [3.8, 4) is 0 Å². The van der Waals surface area contributed by atoms with Gasteiger partial charge < -0.3 is 10.2 Å². The number of carbonyl (C=O) groups is 3. The Morgan fingerprint density at radius 2 is 1.54 bits per heavy atom. The third kappa shape index (κ3) is 2.39. The summed E-state index contributed by atoms with van der Waals surface area (Å²) < 4.78 is 0. The van der Waals surface area contributed by atoms with E-state index in [-0.39, 0.29) is 5.01 Å². The fourth-order valence-corrected chi connectivity index (χ4v) is 0.425. The molecule has 0 aliphatic heterocycles. The summed E-state index contributed by atoms with van der Waals surface area (Å²) in [6.07, 6.45) is -4.01. The SMILES string of the molecule is CN(N=O)C(=O)N(C(=O)O)C(=O)O. The summed E-state index contributed by atoms with van der Waals surface area (Å²) in [5, 5.41) is 18.5. The third-order valence-corrected chi connectivity index (χ3v) is 0.973. The van der Waals surface area contributed by atoms with Gasteiger partial charge in [0.1, 0.15) is 0 Å². The van der Waals surface area contributed by atoms with Crippen LogP contribution in [0.5, 0.6) is 0 Å². The van der Waals surface area contributed by atoms with Gasteiger partial charge >= 0.3 is 18.2 Å². The number of hydrogen-bond donors (Lipinski definition) is 2. The van der Waals surface area contributed by atoms with Crippen molar-refractivity contribution in [3.05, 3.63) is 4.91 Å². The smallest absolute Gasteiger partial charge is 0.425 e. The van der Waals surface area contributed by atoms with E-state index >= 15 is 0 Å². The van der Waals surface area contributed by atoms with Crippen molar-refractivity contribution in [1.29, 1.82) is 0 Å². The maximum absolute atomic E-state index is 10.8. The lowest BCUT2D eigenvalue weighted by Gasteiger charge is -2.13. The first-order valence-electron chi connectivity index (χ1n) is 2.78. The molecule has 0 radical (unpaired) electrons. The van der Waals surface area contributed by atoms with E-state index in [0.717, 1.165) is 7.05 Å². The first-order valence-corrected chi connectivity index (χ1v) is 2.78. The van der Waals surface area contributed by atoms with Crippen LogP contribution in [-0.4, -0.2) is 45.4 Å². The molecule has 2 N–H and O–H groups in total. The first kappa shape index (κ1) is 10.8. The zero-order valence-electron chi connectivity index (χ0n) is 6.37. The summed E-state index contributed by atoms with van der Waals surface area (Å²) >= 11 is 0. The number of imide groups is 3. The van der Waals surface area contributed by atoms with E-state index in [1.54, 1.807) is 0 Å². The van der Waals surface area contributed by atoms with Crippen LogP contribution in [0.25, 0.3) is 0 Å². The van der Waals surface area contributed by atoms with Crippen LogP contribution in [0.4, 0.5) is 14.4 Å². The monoisotopic (exact) mass is 191 g/mol. The molecule has 0 aromatic heterocycles. The molecule has 0 spiro atoms. The lowest BCUT2D eigenvalue weighted by atomic mass is 10.7. The van der Waals surface area contributed by atoms with E-state index in [2.05, 4.69) is 0 Å². The highest BCUT2D eigenvalue weighted by molar-refractivity contribution is 6.04. The minimum atomic E-state index is -2.01. The molecule has 0 aliphatic rings. The average molecular weight is 191 g/mol. The van der Waals surface area contributed by atoms with Gasteiger partial charge in [0.2, 0.25) is 0 Å². The molecule has 0 atom stereocenters. The summed E-state index contributed by atoms with van der Waals surface area (Å²) in [6.45, 7) is 0. The highest BCUT2D eigenvalue weighted by Crippen LogP contribution is 1.98. The van der Waals surface area contributed by atoms with E-state index in [1.807, 2.05) is 5.29 Å². The van der Waals surface area contributed by atoms with E-state index in [1.165, 1.54) is 0 Å². The summed E-state index contributed by atoms with van der Waals surface area (Å²) in [4.78, 5) is 40.2. The molecule has 9 heteroatoms. The highest BCUT2D eigenvalue weighted by Gasteiger charge is 2.31.